The summed E-state index contributed by atoms with van der Waals surface area (Å²) in [6, 6.07) is 0.209. The van der Waals surface area contributed by atoms with Crippen LogP contribution >= 0.6 is 23.1 Å². The third-order valence-corrected chi connectivity index (χ3v) is 3.62. The molecule has 2 N–H and O–H groups in total. The van der Waals surface area contributed by atoms with Crippen LogP contribution in [0.4, 0.5) is 18.3 Å². The molecule has 0 saturated carbocycles. The van der Waals surface area contributed by atoms with Crippen molar-refractivity contribution in [2.75, 3.05) is 17.6 Å². The Kier molecular flexibility index (Phi) is 5.85. The van der Waals surface area contributed by atoms with Crippen molar-refractivity contribution in [1.29, 1.82) is 0 Å². The quantitative estimate of drug-likeness (QED) is 0.787. The summed E-state index contributed by atoms with van der Waals surface area (Å²) in [7, 11) is 0. The lowest BCUT2D eigenvalue weighted by molar-refractivity contribution is -0.136. The molecular weight excluding hydrogens is 301 g/mol. The number of nitrogens with zero attached hydrogens (tertiary/aromatic N) is 2. The van der Waals surface area contributed by atoms with Gasteiger partial charge in [-0.05, 0) is 13.8 Å². The van der Waals surface area contributed by atoms with Crippen LogP contribution in [-0.4, -0.2) is 40.6 Å². The largest absolute Gasteiger partial charge is 0.405 e. The third-order valence-electron chi connectivity index (χ3n) is 1.63. The van der Waals surface area contributed by atoms with E-state index in [-0.39, 0.29) is 11.8 Å². The highest BCUT2D eigenvalue weighted by Crippen LogP contribution is 2.25. The fraction of sp³-hybridized carbons (Fsp3) is 0.667. The maximum Gasteiger partial charge on any atom is 0.405 e. The van der Waals surface area contributed by atoms with Gasteiger partial charge in [-0.2, -0.15) is 13.2 Å². The SMILES string of the molecule is CC(C)Nc1nnc(SCC(=O)NCC(F)(F)F)s1. The molecule has 1 aromatic heterocycles. The summed E-state index contributed by atoms with van der Waals surface area (Å²) in [6.07, 6.45) is -4.39. The van der Waals surface area contributed by atoms with Crippen LogP contribution in [0.2, 0.25) is 0 Å². The molecule has 0 fully saturated rings. The number of amides is 1. The summed E-state index contributed by atoms with van der Waals surface area (Å²) in [5, 5.41) is 13.1. The molecule has 0 unspecified atom stereocenters. The molecule has 0 aromatic carbocycles. The van der Waals surface area contributed by atoms with Crippen molar-refractivity contribution >= 4 is 34.1 Å². The van der Waals surface area contributed by atoms with E-state index in [0.717, 1.165) is 11.8 Å². The van der Waals surface area contributed by atoms with Crippen molar-refractivity contribution < 1.29 is 18.0 Å². The molecule has 0 bridgehead atoms. The van der Waals surface area contributed by atoms with Crippen LogP contribution in [0.1, 0.15) is 13.8 Å². The van der Waals surface area contributed by atoms with Crippen molar-refractivity contribution in [3.05, 3.63) is 0 Å². The Labute approximate surface area is 116 Å². The summed E-state index contributed by atoms with van der Waals surface area (Å²) in [5.41, 5.74) is 0. The van der Waals surface area contributed by atoms with Gasteiger partial charge in [-0.25, -0.2) is 0 Å². The van der Waals surface area contributed by atoms with Gasteiger partial charge in [0.15, 0.2) is 4.34 Å². The second kappa shape index (κ2) is 6.94. The lowest BCUT2D eigenvalue weighted by atomic mass is 10.4. The average Bonchev–Trinajstić information content (AvgIpc) is 2.69. The Bertz CT molecular complexity index is 422. The van der Waals surface area contributed by atoms with E-state index in [2.05, 4.69) is 15.5 Å². The predicted octanol–water partition coefficient (Wildman–Crippen LogP) is 2.13. The van der Waals surface area contributed by atoms with Gasteiger partial charge in [0.1, 0.15) is 6.54 Å². The fourth-order valence-corrected chi connectivity index (χ4v) is 2.68. The number of hydrogen-bond acceptors (Lipinski definition) is 6. The van der Waals surface area contributed by atoms with Crippen LogP contribution in [0.25, 0.3) is 0 Å². The second-order valence-corrected chi connectivity index (χ2v) is 6.05. The molecule has 0 saturated heterocycles. The minimum absolute atomic E-state index is 0.119. The monoisotopic (exact) mass is 314 g/mol. The van der Waals surface area contributed by atoms with Crippen molar-refractivity contribution in [1.82, 2.24) is 15.5 Å². The van der Waals surface area contributed by atoms with Gasteiger partial charge in [-0.3, -0.25) is 4.79 Å². The van der Waals surface area contributed by atoms with Gasteiger partial charge >= 0.3 is 6.18 Å². The maximum atomic E-state index is 11.9. The highest BCUT2D eigenvalue weighted by molar-refractivity contribution is 8.01. The zero-order valence-electron chi connectivity index (χ0n) is 10.2. The molecule has 0 aliphatic carbocycles. The molecule has 19 heavy (non-hydrogen) atoms. The van der Waals surface area contributed by atoms with E-state index >= 15 is 0 Å². The Morgan fingerprint density at radius 3 is 2.68 bits per heavy atom. The van der Waals surface area contributed by atoms with E-state index in [1.807, 2.05) is 13.8 Å². The first kappa shape index (κ1) is 16.0. The zero-order chi connectivity index (χ0) is 14.5. The van der Waals surface area contributed by atoms with Crippen LogP contribution in [0.5, 0.6) is 0 Å². The first-order chi connectivity index (χ1) is 8.76. The van der Waals surface area contributed by atoms with Crippen molar-refractivity contribution in [2.45, 2.75) is 30.4 Å². The van der Waals surface area contributed by atoms with E-state index in [4.69, 9.17) is 0 Å². The number of carbonyl (C=O) groups excluding carboxylic acids is 1. The highest BCUT2D eigenvalue weighted by atomic mass is 32.2. The number of halogens is 3. The molecule has 1 aromatic rings. The van der Waals surface area contributed by atoms with E-state index in [9.17, 15) is 18.0 Å². The van der Waals surface area contributed by atoms with Gasteiger partial charge in [0.2, 0.25) is 11.0 Å². The summed E-state index contributed by atoms with van der Waals surface area (Å²) in [6.45, 7) is 2.57. The molecular formula is C9H13F3N4OS2. The van der Waals surface area contributed by atoms with Gasteiger partial charge in [0.05, 0.1) is 5.75 Å². The summed E-state index contributed by atoms with van der Waals surface area (Å²) in [4.78, 5) is 11.2. The second-order valence-electron chi connectivity index (χ2n) is 3.85. The maximum absolute atomic E-state index is 11.9. The third kappa shape index (κ3) is 7.21. The molecule has 0 aliphatic rings. The average molecular weight is 314 g/mol. The van der Waals surface area contributed by atoms with Gasteiger partial charge in [0.25, 0.3) is 0 Å². The number of anilines is 1. The Morgan fingerprint density at radius 2 is 2.11 bits per heavy atom. The van der Waals surface area contributed by atoms with Gasteiger partial charge < -0.3 is 10.6 Å². The molecule has 1 amide bonds. The van der Waals surface area contributed by atoms with E-state index < -0.39 is 18.6 Å². The molecule has 0 spiro atoms. The number of alkyl halides is 3. The van der Waals surface area contributed by atoms with Crippen molar-refractivity contribution in [3.8, 4) is 0 Å². The van der Waals surface area contributed by atoms with Crippen LogP contribution in [-0.2, 0) is 4.79 Å². The minimum Gasteiger partial charge on any atom is -0.358 e. The Balaban J connectivity index is 2.32. The van der Waals surface area contributed by atoms with E-state index in [0.29, 0.717) is 9.47 Å². The standard InChI is InChI=1S/C9H13F3N4OS2/c1-5(2)14-7-15-16-8(19-7)18-3-6(17)13-4-9(10,11)12/h5H,3-4H2,1-2H3,(H,13,17)(H,14,15). The fourth-order valence-electron chi connectivity index (χ4n) is 0.950. The highest BCUT2D eigenvalue weighted by Gasteiger charge is 2.27. The predicted molar refractivity (Wildman–Crippen MR) is 68.5 cm³/mol. The number of aromatic nitrogens is 2. The van der Waals surface area contributed by atoms with Gasteiger partial charge in [-0.1, -0.05) is 23.1 Å². The zero-order valence-corrected chi connectivity index (χ0v) is 11.9. The normalized spacial score (nSPS) is 11.7. The first-order valence-electron chi connectivity index (χ1n) is 5.32. The van der Waals surface area contributed by atoms with Crippen molar-refractivity contribution in [2.24, 2.45) is 0 Å². The van der Waals surface area contributed by atoms with Crippen LogP contribution in [0.3, 0.4) is 0 Å². The topological polar surface area (TPSA) is 66.9 Å². The van der Waals surface area contributed by atoms with E-state index in [1.165, 1.54) is 11.3 Å². The molecule has 1 rings (SSSR count). The summed E-state index contributed by atoms with van der Waals surface area (Å²) < 4.78 is 36.1. The Hall–Kier alpha value is -1.03. The molecule has 10 heteroatoms. The van der Waals surface area contributed by atoms with E-state index in [1.54, 1.807) is 5.32 Å². The first-order valence-corrected chi connectivity index (χ1v) is 7.13. The molecule has 0 radical (unpaired) electrons. The number of rotatable bonds is 6. The van der Waals surface area contributed by atoms with Crippen LogP contribution in [0, 0.1) is 0 Å². The van der Waals surface area contributed by atoms with Gasteiger partial charge in [0, 0.05) is 6.04 Å². The smallest absolute Gasteiger partial charge is 0.358 e. The molecule has 108 valence electrons. The molecule has 5 nitrogen and oxygen atoms in total. The molecule has 0 aliphatic heterocycles. The summed E-state index contributed by atoms with van der Waals surface area (Å²) in [5.74, 6) is -0.803. The van der Waals surface area contributed by atoms with Crippen LogP contribution in [0.15, 0.2) is 4.34 Å². The lowest BCUT2D eigenvalue weighted by Gasteiger charge is -2.07. The molecule has 1 heterocycles. The number of hydrogen-bond donors (Lipinski definition) is 2. The minimum atomic E-state index is -4.39. The Morgan fingerprint density at radius 1 is 1.42 bits per heavy atom. The number of thioether (sulfide) groups is 1. The van der Waals surface area contributed by atoms with Crippen LogP contribution < -0.4 is 10.6 Å². The van der Waals surface area contributed by atoms with Crippen molar-refractivity contribution in [3.63, 3.8) is 0 Å². The lowest BCUT2D eigenvalue weighted by Crippen LogP contribution is -2.34. The number of carbonyl (C=O) groups is 1. The number of nitrogens with one attached hydrogen (secondary N) is 2. The summed E-state index contributed by atoms with van der Waals surface area (Å²) >= 11 is 2.31. The molecule has 0 atom stereocenters. The van der Waals surface area contributed by atoms with Gasteiger partial charge in [-0.15, -0.1) is 10.2 Å².